The number of hydrogen-bond acceptors (Lipinski definition) is 3. The summed E-state index contributed by atoms with van der Waals surface area (Å²) < 4.78 is 0. The molecule has 0 radical (unpaired) electrons. The van der Waals surface area contributed by atoms with Crippen molar-refractivity contribution in [2.75, 3.05) is 20.1 Å². The van der Waals surface area contributed by atoms with Gasteiger partial charge in [-0.15, -0.1) is 0 Å². The Labute approximate surface area is 130 Å². The third-order valence-electron chi connectivity index (χ3n) is 4.77. The molecular formula is C17H19N3O2. The molecule has 2 amide bonds. The molecule has 0 aliphatic carbocycles. The minimum Gasteiger partial charge on any atom is -0.341 e. The van der Waals surface area contributed by atoms with Crippen LogP contribution < -0.4 is 0 Å². The molecule has 5 heteroatoms. The van der Waals surface area contributed by atoms with Gasteiger partial charge in [0, 0.05) is 20.1 Å². The van der Waals surface area contributed by atoms with Crippen molar-refractivity contribution >= 4 is 11.8 Å². The Morgan fingerprint density at radius 3 is 2.50 bits per heavy atom. The van der Waals surface area contributed by atoms with E-state index in [4.69, 9.17) is 0 Å². The van der Waals surface area contributed by atoms with E-state index in [-0.39, 0.29) is 18.2 Å². The topological polar surface area (TPSA) is 64.4 Å². The lowest BCUT2D eigenvalue weighted by Gasteiger charge is -2.33. The molecule has 2 aliphatic rings. The molecule has 0 saturated carbocycles. The predicted octanol–water partition coefficient (Wildman–Crippen LogP) is 1.72. The van der Waals surface area contributed by atoms with E-state index in [9.17, 15) is 14.9 Å². The molecule has 22 heavy (non-hydrogen) atoms. The van der Waals surface area contributed by atoms with E-state index in [1.165, 1.54) is 0 Å². The van der Waals surface area contributed by atoms with Gasteiger partial charge in [-0.2, -0.15) is 5.26 Å². The van der Waals surface area contributed by atoms with Crippen molar-refractivity contribution < 1.29 is 9.59 Å². The van der Waals surface area contributed by atoms with E-state index >= 15 is 0 Å². The molecule has 1 aromatic rings. The van der Waals surface area contributed by atoms with Gasteiger partial charge in [-0.05, 0) is 18.4 Å². The van der Waals surface area contributed by atoms with E-state index in [0.717, 1.165) is 18.4 Å². The van der Waals surface area contributed by atoms with Gasteiger partial charge in [-0.25, -0.2) is 0 Å². The van der Waals surface area contributed by atoms with Crippen LogP contribution in [-0.4, -0.2) is 41.8 Å². The fourth-order valence-electron chi connectivity index (χ4n) is 3.62. The second-order valence-electron chi connectivity index (χ2n) is 6.08. The van der Waals surface area contributed by atoms with Crippen molar-refractivity contribution in [3.8, 4) is 6.07 Å². The van der Waals surface area contributed by atoms with Crippen LogP contribution in [0.1, 0.15) is 30.9 Å². The molecule has 0 N–H and O–H groups in total. The molecule has 2 saturated heterocycles. The van der Waals surface area contributed by atoms with Crippen LogP contribution in [0.3, 0.4) is 0 Å². The highest BCUT2D eigenvalue weighted by molar-refractivity contribution is 5.96. The maximum absolute atomic E-state index is 13.0. The first-order valence-corrected chi connectivity index (χ1v) is 7.61. The predicted molar refractivity (Wildman–Crippen MR) is 80.4 cm³/mol. The van der Waals surface area contributed by atoms with Crippen molar-refractivity contribution in [1.29, 1.82) is 5.26 Å². The number of carbonyl (C=O) groups excluding carboxylic acids is 2. The number of hydrogen-bond donors (Lipinski definition) is 0. The number of nitrogens with zero attached hydrogens (tertiary/aromatic N) is 3. The third-order valence-corrected chi connectivity index (χ3v) is 4.77. The summed E-state index contributed by atoms with van der Waals surface area (Å²) in [6.45, 7) is 1.36. The molecule has 2 heterocycles. The molecule has 5 nitrogen and oxygen atoms in total. The van der Waals surface area contributed by atoms with Gasteiger partial charge in [0.15, 0.2) is 5.41 Å². The smallest absolute Gasteiger partial charge is 0.246 e. The normalized spacial score (nSPS) is 28.0. The van der Waals surface area contributed by atoms with E-state index in [1.54, 1.807) is 16.8 Å². The van der Waals surface area contributed by atoms with E-state index in [0.29, 0.717) is 13.1 Å². The molecule has 0 aromatic heterocycles. The van der Waals surface area contributed by atoms with Gasteiger partial charge in [0.05, 0.1) is 18.5 Å². The highest BCUT2D eigenvalue weighted by Gasteiger charge is 2.58. The highest BCUT2D eigenvalue weighted by Crippen LogP contribution is 2.48. The lowest BCUT2D eigenvalue weighted by atomic mass is 9.77. The van der Waals surface area contributed by atoms with Crippen LogP contribution in [0.25, 0.3) is 0 Å². The number of rotatable bonds is 2. The van der Waals surface area contributed by atoms with E-state index in [1.807, 2.05) is 30.3 Å². The summed E-state index contributed by atoms with van der Waals surface area (Å²) in [7, 11) is 1.68. The van der Waals surface area contributed by atoms with E-state index in [2.05, 4.69) is 6.07 Å². The Bertz CT molecular complexity index is 631. The minimum absolute atomic E-state index is 0.0328. The summed E-state index contributed by atoms with van der Waals surface area (Å²) in [4.78, 5) is 28.5. The Balaban J connectivity index is 2.05. The maximum atomic E-state index is 13.0. The first-order chi connectivity index (χ1) is 10.6. The van der Waals surface area contributed by atoms with Crippen LogP contribution in [0.2, 0.25) is 0 Å². The zero-order valence-electron chi connectivity index (χ0n) is 12.7. The molecule has 2 fully saturated rings. The molecule has 114 valence electrons. The number of amides is 2. The zero-order valence-corrected chi connectivity index (χ0v) is 12.7. The molecular weight excluding hydrogens is 278 g/mol. The van der Waals surface area contributed by atoms with Crippen LogP contribution in [0, 0.1) is 16.7 Å². The lowest BCUT2D eigenvalue weighted by molar-refractivity contribution is -0.139. The van der Waals surface area contributed by atoms with Crippen LogP contribution in [-0.2, 0) is 9.59 Å². The Morgan fingerprint density at radius 2 is 1.91 bits per heavy atom. The fourth-order valence-corrected chi connectivity index (χ4v) is 3.62. The second-order valence-corrected chi connectivity index (χ2v) is 6.08. The van der Waals surface area contributed by atoms with Gasteiger partial charge in [-0.1, -0.05) is 30.3 Å². The number of likely N-dealkylation sites (tertiary alicyclic amines) is 2. The number of nitriles is 1. The van der Waals surface area contributed by atoms with Gasteiger partial charge in [-0.3, -0.25) is 9.59 Å². The summed E-state index contributed by atoms with van der Waals surface area (Å²) in [5, 5.41) is 9.84. The van der Waals surface area contributed by atoms with Crippen molar-refractivity contribution in [3.05, 3.63) is 35.9 Å². The van der Waals surface area contributed by atoms with Crippen molar-refractivity contribution in [2.24, 2.45) is 5.41 Å². The maximum Gasteiger partial charge on any atom is 0.246 e. The average Bonchev–Trinajstić information content (AvgIpc) is 3.16. The van der Waals surface area contributed by atoms with E-state index < -0.39 is 11.5 Å². The van der Waals surface area contributed by atoms with Gasteiger partial charge in [0.25, 0.3) is 0 Å². The quantitative estimate of drug-likeness (QED) is 0.835. The molecule has 0 bridgehead atoms. The van der Waals surface area contributed by atoms with Crippen LogP contribution in [0.5, 0.6) is 0 Å². The fraction of sp³-hybridized carbons (Fsp3) is 0.471. The number of carbonyl (C=O) groups is 2. The monoisotopic (exact) mass is 297 g/mol. The molecule has 0 unspecified atom stereocenters. The highest BCUT2D eigenvalue weighted by atomic mass is 16.2. The SMILES string of the molecule is CN1C(=O)C[C@@](C#N)(C(=O)N2CCCC2)[C@H]1c1ccccc1. The zero-order chi connectivity index (χ0) is 15.7. The van der Waals surface area contributed by atoms with Gasteiger partial charge < -0.3 is 9.80 Å². The third kappa shape index (κ3) is 2.07. The van der Waals surface area contributed by atoms with Gasteiger partial charge >= 0.3 is 0 Å². The molecule has 2 aliphatic heterocycles. The summed E-state index contributed by atoms with van der Waals surface area (Å²) in [6, 6.07) is 11.1. The van der Waals surface area contributed by atoms with Gasteiger partial charge in [0.1, 0.15) is 0 Å². The molecule has 2 atom stereocenters. The molecule has 0 spiro atoms. The Hall–Kier alpha value is -2.35. The first-order valence-electron chi connectivity index (χ1n) is 7.61. The summed E-state index contributed by atoms with van der Waals surface area (Å²) in [5.74, 6) is -0.345. The minimum atomic E-state index is -1.31. The van der Waals surface area contributed by atoms with Crippen molar-refractivity contribution in [3.63, 3.8) is 0 Å². The molecule has 1 aromatic carbocycles. The summed E-state index contributed by atoms with van der Waals surface area (Å²) in [5.41, 5.74) is -0.470. The standard InChI is InChI=1S/C17H19N3O2/c1-19-14(21)11-17(12-18,16(22)20-9-5-6-10-20)15(19)13-7-3-2-4-8-13/h2-4,7-8,15H,5-6,9-11H2,1H3/t15-,17+/m1/s1. The summed E-state index contributed by atoms with van der Waals surface area (Å²) in [6.07, 6.45) is 1.90. The van der Waals surface area contributed by atoms with Crippen LogP contribution in [0.15, 0.2) is 30.3 Å². The Morgan fingerprint density at radius 1 is 1.27 bits per heavy atom. The van der Waals surface area contributed by atoms with Crippen molar-refractivity contribution in [1.82, 2.24) is 9.80 Å². The second kappa shape index (κ2) is 5.45. The van der Waals surface area contributed by atoms with Crippen LogP contribution >= 0.6 is 0 Å². The number of benzene rings is 1. The summed E-state index contributed by atoms with van der Waals surface area (Å²) >= 11 is 0. The largest absolute Gasteiger partial charge is 0.341 e. The lowest BCUT2D eigenvalue weighted by Crippen LogP contribution is -2.45. The van der Waals surface area contributed by atoms with Crippen LogP contribution in [0.4, 0.5) is 0 Å². The Kier molecular flexibility index (Phi) is 3.61. The average molecular weight is 297 g/mol. The van der Waals surface area contributed by atoms with Crippen molar-refractivity contribution in [2.45, 2.75) is 25.3 Å². The first kappa shape index (κ1) is 14.6. The van der Waals surface area contributed by atoms with Gasteiger partial charge in [0.2, 0.25) is 11.8 Å². The molecule has 3 rings (SSSR count).